The fourth-order valence-electron chi connectivity index (χ4n) is 2.10. The van der Waals surface area contributed by atoms with Crippen LogP contribution >= 0.6 is 15.9 Å². The van der Waals surface area contributed by atoms with Crippen LogP contribution in [0.15, 0.2) is 22.7 Å². The van der Waals surface area contributed by atoms with Crippen LogP contribution in [0.5, 0.6) is 5.75 Å². The lowest BCUT2D eigenvalue weighted by molar-refractivity contribution is 0.00578. The highest BCUT2D eigenvalue weighted by molar-refractivity contribution is 9.10. The molecule has 3 nitrogen and oxygen atoms in total. The summed E-state index contributed by atoms with van der Waals surface area (Å²) < 4.78 is 18.9. The average molecular weight is 339 g/mol. The molecule has 3 rings (SSSR count). The predicted octanol–water partition coefficient (Wildman–Crippen LogP) is 3.29. The predicted molar refractivity (Wildman–Crippen MR) is 83.5 cm³/mol. The maximum atomic E-state index is 6.05. The van der Waals surface area contributed by atoms with Gasteiger partial charge in [0.2, 0.25) is 0 Å². The first-order chi connectivity index (χ1) is 9.28. The van der Waals surface area contributed by atoms with E-state index in [2.05, 4.69) is 43.6 Å². The van der Waals surface area contributed by atoms with Gasteiger partial charge in [-0.15, -0.1) is 0 Å². The molecule has 0 bridgehead atoms. The van der Waals surface area contributed by atoms with E-state index in [4.69, 9.17) is 14.0 Å². The molecule has 1 saturated heterocycles. The fourth-order valence-corrected chi connectivity index (χ4v) is 2.59. The quantitative estimate of drug-likeness (QED) is 0.791. The van der Waals surface area contributed by atoms with E-state index in [1.807, 2.05) is 18.2 Å². The van der Waals surface area contributed by atoms with Crippen molar-refractivity contribution in [1.82, 2.24) is 0 Å². The van der Waals surface area contributed by atoms with E-state index in [-0.39, 0.29) is 18.3 Å². The van der Waals surface area contributed by atoms with Crippen LogP contribution in [0.2, 0.25) is 0 Å². The number of benzene rings is 1. The molecule has 1 heterocycles. The van der Waals surface area contributed by atoms with E-state index < -0.39 is 0 Å². The maximum Gasteiger partial charge on any atom is 0.494 e. The first kappa shape index (κ1) is 14.4. The monoisotopic (exact) mass is 338 g/mol. The topological polar surface area (TPSA) is 27.7 Å². The number of hydrogen-bond donors (Lipinski definition) is 0. The van der Waals surface area contributed by atoms with Gasteiger partial charge in [0, 0.05) is 0 Å². The van der Waals surface area contributed by atoms with Crippen molar-refractivity contribution < 1.29 is 14.0 Å². The van der Waals surface area contributed by atoms with Crippen LogP contribution in [0.1, 0.15) is 40.5 Å². The van der Waals surface area contributed by atoms with Crippen molar-refractivity contribution in [2.45, 2.75) is 57.8 Å². The third-order valence-corrected chi connectivity index (χ3v) is 4.92. The highest BCUT2D eigenvalue weighted by Crippen LogP contribution is 2.37. The Labute approximate surface area is 129 Å². The van der Waals surface area contributed by atoms with Crippen molar-refractivity contribution in [3.63, 3.8) is 0 Å². The van der Waals surface area contributed by atoms with Gasteiger partial charge < -0.3 is 14.0 Å². The van der Waals surface area contributed by atoms with Crippen LogP contribution in [0.4, 0.5) is 0 Å². The molecule has 0 N–H and O–H groups in total. The van der Waals surface area contributed by atoms with E-state index >= 15 is 0 Å². The molecule has 0 radical (unpaired) electrons. The summed E-state index contributed by atoms with van der Waals surface area (Å²) in [6, 6.07) is 6.03. The van der Waals surface area contributed by atoms with Crippen LogP contribution < -0.4 is 10.2 Å². The Hall–Kier alpha value is -0.515. The molecular formula is C15H20BBrO3. The summed E-state index contributed by atoms with van der Waals surface area (Å²) in [5, 5.41) is 0. The number of hydrogen-bond acceptors (Lipinski definition) is 3. The van der Waals surface area contributed by atoms with E-state index in [0.717, 1.165) is 28.5 Å². The molecule has 108 valence electrons. The molecule has 0 atom stereocenters. The fraction of sp³-hybridized carbons (Fsp3) is 0.600. The molecule has 1 aromatic rings. The van der Waals surface area contributed by atoms with E-state index in [1.54, 1.807) is 0 Å². The van der Waals surface area contributed by atoms with Gasteiger partial charge in [0.25, 0.3) is 0 Å². The second-order valence-electron chi connectivity index (χ2n) is 6.60. The summed E-state index contributed by atoms with van der Waals surface area (Å²) in [4.78, 5) is 0. The van der Waals surface area contributed by atoms with Gasteiger partial charge >= 0.3 is 7.12 Å². The van der Waals surface area contributed by atoms with Crippen LogP contribution in [0, 0.1) is 0 Å². The summed E-state index contributed by atoms with van der Waals surface area (Å²) in [5.74, 6) is 0.896. The van der Waals surface area contributed by atoms with E-state index in [0.29, 0.717) is 6.10 Å². The minimum atomic E-state index is -0.328. The summed E-state index contributed by atoms with van der Waals surface area (Å²) in [5.41, 5.74) is 0.388. The molecule has 1 aromatic carbocycles. The lowest BCUT2D eigenvalue weighted by atomic mass is 9.79. The highest BCUT2D eigenvalue weighted by Gasteiger charge is 2.51. The summed E-state index contributed by atoms with van der Waals surface area (Å²) in [6.07, 6.45) is 2.71. The van der Waals surface area contributed by atoms with Crippen LogP contribution in [-0.4, -0.2) is 24.4 Å². The first-order valence-corrected chi connectivity index (χ1v) is 7.89. The normalized spacial score (nSPS) is 23.9. The first-order valence-electron chi connectivity index (χ1n) is 7.10. The molecule has 0 amide bonds. The standard InChI is InChI=1S/C15H20BBrO3/c1-14(2)15(3,4)20-16(19-14)10-5-8-13(12(17)9-10)18-11-6-7-11/h5,8-9,11H,6-7H2,1-4H3. The number of halogens is 1. The smallest absolute Gasteiger partial charge is 0.489 e. The second-order valence-corrected chi connectivity index (χ2v) is 7.45. The zero-order valence-corrected chi connectivity index (χ0v) is 14.0. The maximum absolute atomic E-state index is 6.05. The Morgan fingerprint density at radius 2 is 1.75 bits per heavy atom. The lowest BCUT2D eigenvalue weighted by Gasteiger charge is -2.32. The summed E-state index contributed by atoms with van der Waals surface area (Å²) in [7, 11) is -0.328. The van der Waals surface area contributed by atoms with Crippen molar-refractivity contribution in [1.29, 1.82) is 0 Å². The molecule has 0 unspecified atom stereocenters. The molecule has 0 aromatic heterocycles. The van der Waals surface area contributed by atoms with Crippen LogP contribution in [0.25, 0.3) is 0 Å². The zero-order valence-electron chi connectivity index (χ0n) is 12.4. The molecule has 5 heteroatoms. The van der Waals surface area contributed by atoms with Gasteiger partial charge in [0.15, 0.2) is 0 Å². The van der Waals surface area contributed by atoms with Crippen molar-refractivity contribution >= 4 is 28.5 Å². The van der Waals surface area contributed by atoms with Gasteiger partial charge in [0.1, 0.15) is 5.75 Å². The van der Waals surface area contributed by atoms with E-state index in [1.165, 1.54) is 0 Å². The third-order valence-electron chi connectivity index (χ3n) is 4.30. The lowest BCUT2D eigenvalue weighted by Crippen LogP contribution is -2.41. The molecule has 1 saturated carbocycles. The number of rotatable bonds is 3. The zero-order chi connectivity index (χ0) is 14.5. The molecule has 1 aliphatic carbocycles. The minimum absolute atomic E-state index is 0.312. The molecular weight excluding hydrogens is 319 g/mol. The van der Waals surface area contributed by atoms with Gasteiger partial charge in [-0.1, -0.05) is 6.07 Å². The largest absolute Gasteiger partial charge is 0.494 e. The molecule has 2 fully saturated rings. The van der Waals surface area contributed by atoms with Gasteiger partial charge in [-0.25, -0.2) is 0 Å². The Bertz CT molecular complexity index is 510. The minimum Gasteiger partial charge on any atom is -0.489 e. The van der Waals surface area contributed by atoms with Gasteiger partial charge in [-0.3, -0.25) is 0 Å². The molecule has 20 heavy (non-hydrogen) atoms. The molecule has 0 spiro atoms. The van der Waals surface area contributed by atoms with Crippen molar-refractivity contribution in [3.8, 4) is 5.75 Å². The summed E-state index contributed by atoms with van der Waals surface area (Å²) in [6.45, 7) is 8.25. The Balaban J connectivity index is 1.79. The molecule has 1 aliphatic heterocycles. The number of ether oxygens (including phenoxy) is 1. The van der Waals surface area contributed by atoms with Crippen molar-refractivity contribution in [2.75, 3.05) is 0 Å². The van der Waals surface area contributed by atoms with Gasteiger partial charge in [-0.05, 0) is 74.1 Å². The Morgan fingerprint density at radius 1 is 1.15 bits per heavy atom. The Kier molecular flexibility index (Phi) is 3.43. The van der Waals surface area contributed by atoms with E-state index in [9.17, 15) is 0 Å². The van der Waals surface area contributed by atoms with Crippen LogP contribution in [0.3, 0.4) is 0 Å². The molecule has 2 aliphatic rings. The van der Waals surface area contributed by atoms with Gasteiger partial charge in [-0.2, -0.15) is 0 Å². The van der Waals surface area contributed by atoms with Gasteiger partial charge in [0.05, 0.1) is 21.8 Å². The second kappa shape index (κ2) is 4.75. The Morgan fingerprint density at radius 3 is 2.25 bits per heavy atom. The van der Waals surface area contributed by atoms with Crippen LogP contribution in [-0.2, 0) is 9.31 Å². The van der Waals surface area contributed by atoms with Crippen molar-refractivity contribution in [2.24, 2.45) is 0 Å². The third kappa shape index (κ3) is 2.63. The average Bonchev–Trinajstić information content (AvgIpc) is 3.10. The van der Waals surface area contributed by atoms with Crippen molar-refractivity contribution in [3.05, 3.63) is 22.7 Å². The summed E-state index contributed by atoms with van der Waals surface area (Å²) >= 11 is 3.57. The SMILES string of the molecule is CC1(C)OB(c2ccc(OC3CC3)c(Br)c2)OC1(C)C. The highest BCUT2D eigenvalue weighted by atomic mass is 79.9.